The highest BCUT2D eigenvalue weighted by molar-refractivity contribution is 9.10. The molecule has 0 spiro atoms. The second kappa shape index (κ2) is 3.94. The molecule has 1 aliphatic heterocycles. The minimum Gasteiger partial charge on any atom is -0.338 e. The number of hydrogen-bond donors (Lipinski definition) is 0. The van der Waals surface area contributed by atoms with Gasteiger partial charge in [0.25, 0.3) is 0 Å². The summed E-state index contributed by atoms with van der Waals surface area (Å²) in [6.45, 7) is 1.59. The van der Waals surface area contributed by atoms with Gasteiger partial charge in [-0.25, -0.2) is 9.97 Å². The Kier molecular flexibility index (Phi) is 2.83. The van der Waals surface area contributed by atoms with Crippen molar-refractivity contribution in [2.24, 2.45) is 0 Å². The lowest BCUT2D eigenvalue weighted by Gasteiger charge is -2.37. The van der Waals surface area contributed by atoms with Gasteiger partial charge in [0.15, 0.2) is 0 Å². The maximum atomic E-state index is 11.1. The third-order valence-electron chi connectivity index (χ3n) is 2.21. The fourth-order valence-corrected chi connectivity index (χ4v) is 2.26. The van der Waals surface area contributed by atoms with Crippen LogP contribution in [0.3, 0.4) is 0 Å². The first kappa shape index (κ1) is 10.0. The van der Waals surface area contributed by atoms with Crippen LogP contribution in [0.25, 0.3) is 0 Å². The van der Waals surface area contributed by atoms with Gasteiger partial charge >= 0.3 is 0 Å². The van der Waals surface area contributed by atoms with E-state index in [0.717, 1.165) is 23.5 Å². The zero-order valence-electron chi connectivity index (χ0n) is 7.68. The van der Waals surface area contributed by atoms with E-state index in [1.807, 2.05) is 4.90 Å². The van der Waals surface area contributed by atoms with Crippen molar-refractivity contribution in [3.8, 4) is 0 Å². The van der Waals surface area contributed by atoms with Gasteiger partial charge in [-0.05, 0) is 15.9 Å². The Bertz CT molecular complexity index is 350. The third-order valence-corrected chi connectivity index (χ3v) is 3.85. The second-order valence-corrected chi connectivity index (χ2v) is 5.81. The quantitative estimate of drug-likeness (QED) is 0.802. The molecule has 1 atom stereocenters. The van der Waals surface area contributed by atoms with Crippen LogP contribution in [0.4, 0.5) is 5.95 Å². The third kappa shape index (κ3) is 1.95. The van der Waals surface area contributed by atoms with Gasteiger partial charge in [0.2, 0.25) is 5.95 Å². The summed E-state index contributed by atoms with van der Waals surface area (Å²) in [7, 11) is -0.729. The summed E-state index contributed by atoms with van der Waals surface area (Å²) >= 11 is 3.28. The Morgan fingerprint density at radius 3 is 2.57 bits per heavy atom. The number of rotatable bonds is 2. The number of nitrogens with zero attached hydrogens (tertiary/aromatic N) is 3. The standard InChI is InChI=1S/C8H10BrN3OS/c1-14(13)7-4-12(5-7)8-10-2-6(9)3-11-8/h2-3,7H,4-5H2,1H3. The van der Waals surface area contributed by atoms with Crippen LogP contribution >= 0.6 is 15.9 Å². The average molecular weight is 276 g/mol. The number of anilines is 1. The van der Waals surface area contributed by atoms with Crippen LogP contribution in [-0.4, -0.2) is 38.8 Å². The lowest BCUT2D eigenvalue weighted by atomic mass is 10.2. The van der Waals surface area contributed by atoms with Gasteiger partial charge < -0.3 is 4.90 Å². The van der Waals surface area contributed by atoms with Crippen molar-refractivity contribution in [1.82, 2.24) is 9.97 Å². The molecule has 1 fully saturated rings. The Morgan fingerprint density at radius 2 is 2.07 bits per heavy atom. The van der Waals surface area contributed by atoms with E-state index < -0.39 is 10.8 Å². The van der Waals surface area contributed by atoms with Gasteiger partial charge in [-0.3, -0.25) is 4.21 Å². The van der Waals surface area contributed by atoms with Gasteiger partial charge in [-0.2, -0.15) is 0 Å². The fourth-order valence-electron chi connectivity index (χ4n) is 1.28. The highest BCUT2D eigenvalue weighted by Gasteiger charge is 2.31. The van der Waals surface area contributed by atoms with Crippen molar-refractivity contribution < 1.29 is 4.21 Å². The Hall–Kier alpha value is -0.490. The van der Waals surface area contributed by atoms with Crippen molar-refractivity contribution in [2.45, 2.75) is 5.25 Å². The topological polar surface area (TPSA) is 46.1 Å². The summed E-state index contributed by atoms with van der Waals surface area (Å²) in [6.07, 6.45) is 5.18. The zero-order chi connectivity index (χ0) is 10.1. The second-order valence-electron chi connectivity index (χ2n) is 3.23. The maximum Gasteiger partial charge on any atom is 0.225 e. The summed E-state index contributed by atoms with van der Waals surface area (Å²) in [5, 5.41) is 0.280. The van der Waals surface area contributed by atoms with Crippen LogP contribution in [0.5, 0.6) is 0 Å². The summed E-state index contributed by atoms with van der Waals surface area (Å²) in [5.41, 5.74) is 0. The van der Waals surface area contributed by atoms with E-state index in [9.17, 15) is 4.21 Å². The monoisotopic (exact) mass is 275 g/mol. The minimum absolute atomic E-state index is 0.280. The lowest BCUT2D eigenvalue weighted by Crippen LogP contribution is -2.53. The van der Waals surface area contributed by atoms with E-state index in [1.165, 1.54) is 0 Å². The summed E-state index contributed by atoms with van der Waals surface area (Å²) < 4.78 is 12.0. The van der Waals surface area contributed by atoms with E-state index in [0.29, 0.717) is 0 Å². The van der Waals surface area contributed by atoms with Gasteiger partial charge in [-0.1, -0.05) is 0 Å². The molecule has 1 aromatic rings. The predicted molar refractivity (Wildman–Crippen MR) is 59.8 cm³/mol. The Labute approximate surface area is 93.3 Å². The fraction of sp³-hybridized carbons (Fsp3) is 0.500. The molecule has 0 bridgehead atoms. The molecule has 1 aromatic heterocycles. The van der Waals surface area contributed by atoms with Gasteiger partial charge in [0.05, 0.1) is 9.72 Å². The van der Waals surface area contributed by atoms with Crippen molar-refractivity contribution in [3.63, 3.8) is 0 Å². The van der Waals surface area contributed by atoms with Crippen LogP contribution in [0.1, 0.15) is 0 Å². The minimum atomic E-state index is -0.729. The smallest absolute Gasteiger partial charge is 0.225 e. The van der Waals surface area contributed by atoms with Crippen LogP contribution in [0.15, 0.2) is 16.9 Å². The first-order chi connectivity index (χ1) is 6.66. The summed E-state index contributed by atoms with van der Waals surface area (Å²) in [6, 6.07) is 0. The first-order valence-corrected chi connectivity index (χ1v) is 6.63. The molecule has 0 radical (unpaired) electrons. The van der Waals surface area contributed by atoms with E-state index in [1.54, 1.807) is 18.6 Å². The largest absolute Gasteiger partial charge is 0.338 e. The molecule has 1 unspecified atom stereocenters. The van der Waals surface area contributed by atoms with Crippen LogP contribution in [0, 0.1) is 0 Å². The van der Waals surface area contributed by atoms with Crippen molar-refractivity contribution >= 4 is 32.7 Å². The van der Waals surface area contributed by atoms with Crippen LogP contribution in [0.2, 0.25) is 0 Å². The van der Waals surface area contributed by atoms with Gasteiger partial charge in [-0.15, -0.1) is 0 Å². The molecular weight excluding hydrogens is 266 g/mol. The van der Waals surface area contributed by atoms with Gasteiger partial charge in [0.1, 0.15) is 0 Å². The lowest BCUT2D eigenvalue weighted by molar-refractivity contribution is 0.589. The highest BCUT2D eigenvalue weighted by Crippen LogP contribution is 2.19. The van der Waals surface area contributed by atoms with Crippen LogP contribution < -0.4 is 4.90 Å². The molecule has 1 saturated heterocycles. The molecule has 1 aliphatic rings. The van der Waals surface area contributed by atoms with Crippen LogP contribution in [-0.2, 0) is 10.8 Å². The molecule has 4 nitrogen and oxygen atoms in total. The van der Waals surface area contributed by atoms with Crippen molar-refractivity contribution in [2.75, 3.05) is 24.2 Å². The maximum absolute atomic E-state index is 11.1. The first-order valence-electron chi connectivity index (χ1n) is 4.21. The molecule has 2 rings (SSSR count). The zero-order valence-corrected chi connectivity index (χ0v) is 10.1. The molecule has 0 N–H and O–H groups in total. The molecule has 0 aliphatic carbocycles. The Balaban J connectivity index is 2.00. The van der Waals surface area contributed by atoms with Crippen molar-refractivity contribution in [1.29, 1.82) is 0 Å². The molecule has 2 heterocycles. The SMILES string of the molecule is CS(=O)C1CN(c2ncc(Br)cn2)C1. The van der Waals surface area contributed by atoms with E-state index in [-0.39, 0.29) is 5.25 Å². The number of aromatic nitrogens is 2. The number of halogens is 1. The molecular formula is C8H10BrN3OS. The van der Waals surface area contributed by atoms with E-state index in [2.05, 4.69) is 25.9 Å². The molecule has 76 valence electrons. The molecule has 0 amide bonds. The van der Waals surface area contributed by atoms with E-state index in [4.69, 9.17) is 0 Å². The molecule has 0 saturated carbocycles. The van der Waals surface area contributed by atoms with Crippen molar-refractivity contribution in [3.05, 3.63) is 16.9 Å². The average Bonchev–Trinajstić information content (AvgIpc) is 2.05. The summed E-state index contributed by atoms with van der Waals surface area (Å²) in [4.78, 5) is 10.4. The number of hydrogen-bond acceptors (Lipinski definition) is 4. The molecule has 6 heteroatoms. The summed E-state index contributed by atoms with van der Waals surface area (Å²) in [5.74, 6) is 0.718. The molecule has 0 aromatic carbocycles. The Morgan fingerprint density at radius 1 is 1.50 bits per heavy atom. The van der Waals surface area contributed by atoms with E-state index >= 15 is 0 Å². The predicted octanol–water partition coefficient (Wildman–Crippen LogP) is 0.806. The van der Waals surface area contributed by atoms with Gasteiger partial charge in [0, 0.05) is 42.5 Å². The molecule has 14 heavy (non-hydrogen) atoms. The normalized spacial score (nSPS) is 19.1. The highest BCUT2D eigenvalue weighted by atomic mass is 79.9.